The summed E-state index contributed by atoms with van der Waals surface area (Å²) in [7, 11) is 0. The number of likely N-dealkylation sites (tertiary alicyclic amines) is 1. The van der Waals surface area contributed by atoms with Crippen molar-refractivity contribution in [1.29, 1.82) is 0 Å². The maximum Gasteiger partial charge on any atom is 0.290 e. The third-order valence-corrected chi connectivity index (χ3v) is 4.15. The Morgan fingerprint density at radius 2 is 2.05 bits per heavy atom. The summed E-state index contributed by atoms with van der Waals surface area (Å²) in [4.78, 5) is 14.3. The van der Waals surface area contributed by atoms with Crippen molar-refractivity contribution in [2.24, 2.45) is 5.92 Å². The van der Waals surface area contributed by atoms with Gasteiger partial charge in [-0.3, -0.25) is 4.79 Å². The van der Waals surface area contributed by atoms with Gasteiger partial charge < -0.3 is 14.4 Å². The van der Waals surface area contributed by atoms with Crippen molar-refractivity contribution in [3.05, 3.63) is 48.4 Å². The second kappa shape index (κ2) is 5.74. The quantitative estimate of drug-likeness (QED) is 0.923. The summed E-state index contributed by atoms with van der Waals surface area (Å²) in [6.45, 7) is 3.04. The van der Waals surface area contributed by atoms with Crippen molar-refractivity contribution in [1.82, 2.24) is 4.90 Å². The highest BCUT2D eigenvalue weighted by Crippen LogP contribution is 2.27. The molecule has 2 atom stereocenters. The summed E-state index contributed by atoms with van der Waals surface area (Å²) in [5.41, 5.74) is 1.76. The first-order chi connectivity index (χ1) is 10.2. The number of aliphatic hydroxyl groups excluding tert-OH is 1. The molecule has 1 aliphatic heterocycles. The van der Waals surface area contributed by atoms with Crippen LogP contribution in [0.25, 0.3) is 11.1 Å². The number of benzene rings is 1. The number of amides is 1. The summed E-state index contributed by atoms with van der Waals surface area (Å²) < 4.78 is 5.42. The third-order valence-electron chi connectivity index (χ3n) is 4.15. The molecule has 1 fully saturated rings. The number of β-amino-alcohol motifs (C(OH)–C–C–N with tert-alkyl or cyclic N) is 1. The lowest BCUT2D eigenvalue weighted by Gasteiger charge is -2.33. The lowest BCUT2D eigenvalue weighted by atomic mass is 9.95. The summed E-state index contributed by atoms with van der Waals surface area (Å²) in [5.74, 6) is 0.437. The number of hydrogen-bond acceptors (Lipinski definition) is 3. The van der Waals surface area contributed by atoms with E-state index in [0.717, 1.165) is 17.5 Å². The average molecular weight is 285 g/mol. The third kappa shape index (κ3) is 2.72. The van der Waals surface area contributed by atoms with E-state index in [1.54, 1.807) is 11.2 Å². The molecular weight excluding hydrogens is 266 g/mol. The van der Waals surface area contributed by atoms with Crippen LogP contribution < -0.4 is 0 Å². The average Bonchev–Trinajstić information content (AvgIpc) is 2.99. The van der Waals surface area contributed by atoms with Crippen LogP contribution in [0.2, 0.25) is 0 Å². The van der Waals surface area contributed by atoms with Crippen LogP contribution in [0, 0.1) is 5.92 Å². The van der Waals surface area contributed by atoms with Crippen LogP contribution >= 0.6 is 0 Å². The largest absolute Gasteiger partial charge is 0.459 e. The number of nitrogens with zero attached hydrogens (tertiary/aromatic N) is 1. The smallest absolute Gasteiger partial charge is 0.290 e. The molecule has 0 saturated carbocycles. The monoisotopic (exact) mass is 285 g/mol. The molecule has 1 N–H and O–H groups in total. The van der Waals surface area contributed by atoms with Gasteiger partial charge in [-0.25, -0.2) is 0 Å². The fraction of sp³-hybridized carbons (Fsp3) is 0.353. The Balaban J connectivity index is 1.85. The molecule has 2 unspecified atom stereocenters. The summed E-state index contributed by atoms with van der Waals surface area (Å²) in [6, 6.07) is 11.5. The van der Waals surface area contributed by atoms with E-state index < -0.39 is 6.10 Å². The Bertz CT molecular complexity index is 620. The molecule has 1 saturated heterocycles. The van der Waals surface area contributed by atoms with Gasteiger partial charge in [0.05, 0.1) is 12.4 Å². The van der Waals surface area contributed by atoms with E-state index in [2.05, 4.69) is 0 Å². The van der Waals surface area contributed by atoms with Crippen LogP contribution in [0.15, 0.2) is 47.1 Å². The molecule has 1 amide bonds. The van der Waals surface area contributed by atoms with Crippen LogP contribution in [-0.2, 0) is 0 Å². The van der Waals surface area contributed by atoms with E-state index in [4.69, 9.17) is 4.42 Å². The molecule has 0 radical (unpaired) electrons. The molecular formula is C17H19NO3. The van der Waals surface area contributed by atoms with Crippen LogP contribution in [0.1, 0.15) is 23.9 Å². The zero-order valence-electron chi connectivity index (χ0n) is 12.0. The van der Waals surface area contributed by atoms with Crippen molar-refractivity contribution in [3.8, 4) is 11.1 Å². The van der Waals surface area contributed by atoms with Crippen LogP contribution in [-0.4, -0.2) is 35.1 Å². The Kier molecular flexibility index (Phi) is 3.80. The highest BCUT2D eigenvalue weighted by molar-refractivity contribution is 5.98. The predicted octanol–water partition coefficient (Wildman–Crippen LogP) is 2.79. The second-order valence-corrected chi connectivity index (χ2v) is 5.61. The minimum absolute atomic E-state index is 0.148. The van der Waals surface area contributed by atoms with E-state index in [-0.39, 0.29) is 11.8 Å². The number of rotatable bonds is 2. The molecule has 0 spiro atoms. The topological polar surface area (TPSA) is 53.7 Å². The minimum Gasteiger partial charge on any atom is -0.459 e. The molecule has 1 aromatic carbocycles. The van der Waals surface area contributed by atoms with Crippen LogP contribution in [0.4, 0.5) is 0 Å². The number of furan rings is 1. The van der Waals surface area contributed by atoms with Gasteiger partial charge in [0.15, 0.2) is 5.76 Å². The highest BCUT2D eigenvalue weighted by Gasteiger charge is 2.30. The van der Waals surface area contributed by atoms with E-state index in [9.17, 15) is 9.90 Å². The van der Waals surface area contributed by atoms with Crippen LogP contribution in [0.3, 0.4) is 0 Å². The summed E-state index contributed by atoms with van der Waals surface area (Å²) >= 11 is 0. The Morgan fingerprint density at radius 1 is 1.29 bits per heavy atom. The molecule has 1 aromatic heterocycles. The zero-order valence-corrected chi connectivity index (χ0v) is 12.0. The van der Waals surface area contributed by atoms with Crippen LogP contribution in [0.5, 0.6) is 0 Å². The maximum atomic E-state index is 12.6. The molecule has 0 aliphatic carbocycles. The van der Waals surface area contributed by atoms with Crippen molar-refractivity contribution < 1.29 is 14.3 Å². The van der Waals surface area contributed by atoms with Crippen molar-refractivity contribution >= 4 is 5.91 Å². The van der Waals surface area contributed by atoms with Gasteiger partial charge in [-0.15, -0.1) is 0 Å². The minimum atomic E-state index is -0.460. The lowest BCUT2D eigenvalue weighted by molar-refractivity contribution is 0.0231. The number of aliphatic hydroxyl groups is 1. The van der Waals surface area contributed by atoms with Gasteiger partial charge in [-0.1, -0.05) is 37.3 Å². The van der Waals surface area contributed by atoms with Crippen molar-refractivity contribution in [2.45, 2.75) is 19.4 Å². The highest BCUT2D eigenvalue weighted by atomic mass is 16.3. The summed E-state index contributed by atoms with van der Waals surface area (Å²) in [5, 5.41) is 9.96. The maximum absolute atomic E-state index is 12.6. The number of carbonyl (C=O) groups excluding carboxylic acids is 1. The molecule has 2 heterocycles. The first-order valence-electron chi connectivity index (χ1n) is 7.27. The molecule has 3 rings (SSSR count). The van der Waals surface area contributed by atoms with Gasteiger partial charge >= 0.3 is 0 Å². The number of piperidine rings is 1. The number of hydrogen-bond donors (Lipinski definition) is 1. The van der Waals surface area contributed by atoms with E-state index in [1.165, 1.54) is 0 Å². The Labute approximate surface area is 124 Å². The first kappa shape index (κ1) is 13.9. The molecule has 21 heavy (non-hydrogen) atoms. The van der Waals surface area contributed by atoms with Gasteiger partial charge in [0.1, 0.15) is 0 Å². The molecule has 4 nitrogen and oxygen atoms in total. The molecule has 110 valence electrons. The van der Waals surface area contributed by atoms with Crippen molar-refractivity contribution in [3.63, 3.8) is 0 Å². The predicted molar refractivity (Wildman–Crippen MR) is 79.8 cm³/mol. The molecule has 0 bridgehead atoms. The fourth-order valence-electron chi connectivity index (χ4n) is 2.70. The molecule has 4 heteroatoms. The Hall–Kier alpha value is -2.07. The van der Waals surface area contributed by atoms with Gasteiger partial charge in [0, 0.05) is 18.7 Å². The molecule has 1 aliphatic rings. The van der Waals surface area contributed by atoms with Gasteiger partial charge in [0.25, 0.3) is 5.91 Å². The second-order valence-electron chi connectivity index (χ2n) is 5.61. The summed E-state index contributed by atoms with van der Waals surface area (Å²) in [6.07, 6.45) is 1.89. The molecule has 2 aromatic rings. The van der Waals surface area contributed by atoms with E-state index >= 15 is 0 Å². The Morgan fingerprint density at radius 3 is 2.76 bits per heavy atom. The van der Waals surface area contributed by atoms with E-state index in [0.29, 0.717) is 18.8 Å². The standard InChI is InChI=1S/C17H19NO3/c1-12-7-9-18(11-15(12)19)17(20)16-14(8-10-21-16)13-5-3-2-4-6-13/h2-6,8,10,12,15,19H,7,9,11H2,1H3. The van der Waals surface area contributed by atoms with Gasteiger partial charge in [0.2, 0.25) is 0 Å². The van der Waals surface area contributed by atoms with Gasteiger partial charge in [-0.2, -0.15) is 0 Å². The first-order valence-corrected chi connectivity index (χ1v) is 7.27. The zero-order chi connectivity index (χ0) is 14.8. The fourth-order valence-corrected chi connectivity index (χ4v) is 2.70. The van der Waals surface area contributed by atoms with E-state index in [1.807, 2.05) is 43.3 Å². The SMILES string of the molecule is CC1CCN(C(=O)c2occc2-c2ccccc2)CC1O. The van der Waals surface area contributed by atoms with Gasteiger partial charge in [-0.05, 0) is 24.0 Å². The lowest BCUT2D eigenvalue weighted by Crippen LogP contribution is -2.45. The van der Waals surface area contributed by atoms with Crippen molar-refractivity contribution in [2.75, 3.05) is 13.1 Å². The number of carbonyl (C=O) groups is 1. The normalized spacial score (nSPS) is 22.3.